The van der Waals surface area contributed by atoms with E-state index < -0.39 is 5.82 Å². The van der Waals surface area contributed by atoms with Gasteiger partial charge in [-0.15, -0.1) is 0 Å². The lowest BCUT2D eigenvalue weighted by molar-refractivity contribution is 0.0648. The number of hydrogen-bond acceptors (Lipinski definition) is 7. The van der Waals surface area contributed by atoms with Crippen LogP contribution in [0.1, 0.15) is 32.1 Å². The van der Waals surface area contributed by atoms with Crippen LogP contribution in [0.3, 0.4) is 0 Å². The molecular formula is C22H30FN5O2. The fourth-order valence-electron chi connectivity index (χ4n) is 4.60. The van der Waals surface area contributed by atoms with Crippen LogP contribution in [0, 0.1) is 11.7 Å². The second-order valence-corrected chi connectivity index (χ2v) is 8.00. The van der Waals surface area contributed by atoms with Crippen molar-refractivity contribution >= 4 is 17.5 Å². The Morgan fingerprint density at radius 2 is 1.83 bits per heavy atom. The van der Waals surface area contributed by atoms with E-state index in [1.54, 1.807) is 20.3 Å². The maximum atomic E-state index is 14.4. The molecule has 0 unspecified atom stereocenters. The molecule has 0 radical (unpaired) electrons. The lowest BCUT2D eigenvalue weighted by atomic mass is 9.83. The standard InChI is InChI=1S/C22H30FN5O2/c1-29-17-10-16(11-18(12-17)30-2)26-22-25-14-19(23)21(27-22)24-13-15-6-5-9-28-8-4-3-7-20(15)28/h10-12,14-15,20H,3-9,13H2,1-2H3,(H2,24,25,26,27)/t15-,20+/m0/s1. The van der Waals surface area contributed by atoms with E-state index in [0.717, 1.165) is 6.54 Å². The number of nitrogens with zero attached hydrogens (tertiary/aromatic N) is 3. The van der Waals surface area contributed by atoms with Gasteiger partial charge in [-0.25, -0.2) is 9.37 Å². The predicted octanol–water partition coefficient (Wildman–Crippen LogP) is 4.05. The van der Waals surface area contributed by atoms with Gasteiger partial charge in [0.15, 0.2) is 11.6 Å². The first-order valence-corrected chi connectivity index (χ1v) is 10.7. The van der Waals surface area contributed by atoms with Gasteiger partial charge in [0.1, 0.15) is 11.5 Å². The zero-order valence-corrected chi connectivity index (χ0v) is 17.7. The van der Waals surface area contributed by atoms with Gasteiger partial charge in [-0.05, 0) is 44.7 Å². The molecule has 30 heavy (non-hydrogen) atoms. The van der Waals surface area contributed by atoms with Gasteiger partial charge in [0.2, 0.25) is 5.95 Å². The van der Waals surface area contributed by atoms with E-state index in [1.807, 2.05) is 12.1 Å². The Balaban J connectivity index is 1.44. The fraction of sp³-hybridized carbons (Fsp3) is 0.545. The summed E-state index contributed by atoms with van der Waals surface area (Å²) in [6.07, 6.45) is 7.40. The van der Waals surface area contributed by atoms with Gasteiger partial charge < -0.3 is 25.0 Å². The van der Waals surface area contributed by atoms with Crippen LogP contribution in [-0.2, 0) is 0 Å². The minimum absolute atomic E-state index is 0.232. The number of anilines is 3. The Kier molecular flexibility index (Phi) is 6.52. The normalized spacial score (nSPS) is 21.6. The number of aromatic nitrogens is 2. The van der Waals surface area contributed by atoms with Crippen LogP contribution in [-0.4, -0.2) is 54.8 Å². The number of ether oxygens (including phenoxy) is 2. The molecule has 2 atom stereocenters. The summed E-state index contributed by atoms with van der Waals surface area (Å²) in [7, 11) is 3.18. The molecule has 162 valence electrons. The predicted molar refractivity (Wildman–Crippen MR) is 115 cm³/mol. The third-order valence-corrected chi connectivity index (χ3v) is 6.11. The molecule has 0 amide bonds. The number of nitrogens with one attached hydrogen (secondary N) is 2. The van der Waals surface area contributed by atoms with Crippen molar-refractivity contribution in [2.75, 3.05) is 44.5 Å². The number of benzene rings is 1. The van der Waals surface area contributed by atoms with Crippen LogP contribution in [0.5, 0.6) is 11.5 Å². The topological polar surface area (TPSA) is 71.5 Å². The van der Waals surface area contributed by atoms with Crippen LogP contribution in [0.15, 0.2) is 24.4 Å². The highest BCUT2D eigenvalue weighted by atomic mass is 19.1. The molecule has 1 aromatic carbocycles. The van der Waals surface area contributed by atoms with Gasteiger partial charge in [0.25, 0.3) is 0 Å². The highest BCUT2D eigenvalue weighted by molar-refractivity contribution is 5.60. The van der Waals surface area contributed by atoms with Crippen molar-refractivity contribution in [3.8, 4) is 11.5 Å². The summed E-state index contributed by atoms with van der Waals surface area (Å²) in [6, 6.07) is 6.00. The molecule has 2 aromatic rings. The highest BCUT2D eigenvalue weighted by Crippen LogP contribution is 2.31. The second-order valence-electron chi connectivity index (χ2n) is 8.00. The maximum absolute atomic E-state index is 14.4. The molecule has 8 heteroatoms. The lowest BCUT2D eigenvalue weighted by Crippen LogP contribution is -2.49. The van der Waals surface area contributed by atoms with Gasteiger partial charge in [-0.3, -0.25) is 0 Å². The largest absolute Gasteiger partial charge is 0.497 e. The Morgan fingerprint density at radius 3 is 2.60 bits per heavy atom. The first-order chi connectivity index (χ1) is 14.7. The second kappa shape index (κ2) is 9.47. The van der Waals surface area contributed by atoms with Gasteiger partial charge in [0.05, 0.1) is 20.4 Å². The molecule has 0 aliphatic carbocycles. The average Bonchev–Trinajstić information content (AvgIpc) is 2.79. The van der Waals surface area contributed by atoms with E-state index in [1.165, 1.54) is 51.4 Å². The number of piperidine rings is 2. The molecule has 2 fully saturated rings. The van der Waals surface area contributed by atoms with E-state index in [4.69, 9.17) is 9.47 Å². The summed E-state index contributed by atoms with van der Waals surface area (Å²) in [6.45, 7) is 3.11. The minimum Gasteiger partial charge on any atom is -0.497 e. The van der Waals surface area contributed by atoms with Crippen molar-refractivity contribution in [3.05, 3.63) is 30.2 Å². The van der Waals surface area contributed by atoms with Crippen molar-refractivity contribution in [2.45, 2.75) is 38.1 Å². The molecular weight excluding hydrogens is 385 g/mol. The first-order valence-electron chi connectivity index (χ1n) is 10.7. The highest BCUT2D eigenvalue weighted by Gasteiger charge is 2.32. The van der Waals surface area contributed by atoms with Crippen molar-refractivity contribution in [3.63, 3.8) is 0 Å². The van der Waals surface area contributed by atoms with Gasteiger partial charge >= 0.3 is 0 Å². The van der Waals surface area contributed by atoms with E-state index in [9.17, 15) is 4.39 Å². The molecule has 1 aromatic heterocycles. The van der Waals surface area contributed by atoms with Gasteiger partial charge in [-0.1, -0.05) is 6.42 Å². The maximum Gasteiger partial charge on any atom is 0.229 e. The Morgan fingerprint density at radius 1 is 1.07 bits per heavy atom. The van der Waals surface area contributed by atoms with Gasteiger partial charge in [0, 0.05) is 36.5 Å². The van der Waals surface area contributed by atoms with Crippen LogP contribution < -0.4 is 20.1 Å². The average molecular weight is 416 g/mol. The van der Waals surface area contributed by atoms with Crippen LogP contribution in [0.2, 0.25) is 0 Å². The molecule has 2 saturated heterocycles. The summed E-state index contributed by atoms with van der Waals surface area (Å²) < 4.78 is 24.9. The third kappa shape index (κ3) is 4.75. The molecule has 0 saturated carbocycles. The van der Waals surface area contributed by atoms with E-state index in [-0.39, 0.29) is 5.82 Å². The minimum atomic E-state index is -0.444. The summed E-state index contributed by atoms with van der Waals surface area (Å²) in [4.78, 5) is 11.1. The Bertz CT molecular complexity index is 841. The van der Waals surface area contributed by atoms with Crippen molar-refractivity contribution in [1.29, 1.82) is 0 Å². The molecule has 0 spiro atoms. The third-order valence-electron chi connectivity index (χ3n) is 6.11. The molecule has 2 N–H and O–H groups in total. The number of halogens is 1. The monoisotopic (exact) mass is 415 g/mol. The SMILES string of the molecule is COc1cc(Nc2ncc(F)c(NC[C@@H]3CCCN4CCCC[C@H]34)n2)cc(OC)c1. The summed E-state index contributed by atoms with van der Waals surface area (Å²) in [5.74, 6) is 1.92. The fourth-order valence-corrected chi connectivity index (χ4v) is 4.60. The lowest BCUT2D eigenvalue weighted by Gasteiger charge is -2.44. The summed E-state index contributed by atoms with van der Waals surface area (Å²) >= 11 is 0. The molecule has 2 aliphatic heterocycles. The summed E-state index contributed by atoms with van der Waals surface area (Å²) in [5, 5.41) is 6.35. The Labute approximate surface area is 177 Å². The van der Waals surface area contributed by atoms with Crippen LogP contribution in [0.4, 0.5) is 21.8 Å². The van der Waals surface area contributed by atoms with Gasteiger partial charge in [-0.2, -0.15) is 4.98 Å². The Hall–Kier alpha value is -2.61. The zero-order valence-electron chi connectivity index (χ0n) is 17.7. The van der Waals surface area contributed by atoms with E-state index >= 15 is 0 Å². The van der Waals surface area contributed by atoms with Crippen molar-refractivity contribution < 1.29 is 13.9 Å². The molecule has 0 bridgehead atoms. The van der Waals surface area contributed by atoms with Crippen molar-refractivity contribution in [1.82, 2.24) is 14.9 Å². The zero-order chi connectivity index (χ0) is 20.9. The molecule has 7 nitrogen and oxygen atoms in total. The van der Waals surface area contributed by atoms with E-state index in [0.29, 0.717) is 35.1 Å². The van der Waals surface area contributed by atoms with Crippen molar-refractivity contribution in [2.24, 2.45) is 5.92 Å². The number of fused-ring (bicyclic) bond motifs is 1. The molecule has 2 aliphatic rings. The molecule has 4 rings (SSSR count). The summed E-state index contributed by atoms with van der Waals surface area (Å²) in [5.41, 5.74) is 0.703. The van der Waals surface area contributed by atoms with Crippen LogP contribution >= 0.6 is 0 Å². The smallest absolute Gasteiger partial charge is 0.229 e. The number of rotatable bonds is 7. The van der Waals surface area contributed by atoms with E-state index in [2.05, 4.69) is 25.5 Å². The number of hydrogen-bond donors (Lipinski definition) is 2. The van der Waals surface area contributed by atoms with Crippen LogP contribution in [0.25, 0.3) is 0 Å². The quantitative estimate of drug-likeness (QED) is 0.707. The first kappa shape index (κ1) is 20.7. The molecule has 3 heterocycles. The number of methoxy groups -OCH3 is 2.